The molecule has 0 saturated carbocycles. The van der Waals surface area contributed by atoms with Gasteiger partial charge in [-0.1, -0.05) is 73.1 Å². The van der Waals surface area contributed by atoms with Crippen LogP contribution in [0.2, 0.25) is 0 Å². The van der Waals surface area contributed by atoms with Gasteiger partial charge in [0.2, 0.25) is 0 Å². The molecule has 3 nitrogen and oxygen atoms in total. The molecule has 156 valence electrons. The van der Waals surface area contributed by atoms with Crippen LogP contribution in [0.15, 0.2) is 77.3 Å². The van der Waals surface area contributed by atoms with E-state index in [-0.39, 0.29) is 11.9 Å². The number of nitrogens with one attached hydrogen (secondary N) is 1. The summed E-state index contributed by atoms with van der Waals surface area (Å²) in [6.07, 6.45) is 0.832. The first-order valence-corrected chi connectivity index (χ1v) is 11.1. The minimum Gasteiger partial charge on any atom is -0.489 e. The van der Waals surface area contributed by atoms with Crippen LogP contribution in [-0.4, -0.2) is 5.91 Å². The maximum absolute atomic E-state index is 12.9. The molecule has 3 aromatic carbocycles. The highest BCUT2D eigenvalue weighted by Crippen LogP contribution is 2.22. The van der Waals surface area contributed by atoms with E-state index in [2.05, 4.69) is 66.3 Å². The van der Waals surface area contributed by atoms with Crippen LogP contribution in [-0.2, 0) is 6.61 Å². The third kappa shape index (κ3) is 5.96. The second-order valence-corrected chi connectivity index (χ2v) is 8.61. The number of rotatable bonds is 8. The zero-order valence-corrected chi connectivity index (χ0v) is 19.3. The molecule has 1 N–H and O–H groups in total. The van der Waals surface area contributed by atoms with Crippen LogP contribution < -0.4 is 10.1 Å². The summed E-state index contributed by atoms with van der Waals surface area (Å²) in [5.41, 5.74) is 4.03. The third-order valence-corrected chi connectivity index (χ3v) is 5.66. The highest BCUT2D eigenvalue weighted by Gasteiger charge is 2.15. The zero-order valence-electron chi connectivity index (χ0n) is 17.7. The molecule has 0 unspecified atom stereocenters. The number of ether oxygens (including phenoxy) is 1. The number of benzene rings is 3. The van der Waals surface area contributed by atoms with Gasteiger partial charge in [-0.25, -0.2) is 0 Å². The van der Waals surface area contributed by atoms with E-state index in [4.69, 9.17) is 4.74 Å². The quantitative estimate of drug-likeness (QED) is 0.387. The van der Waals surface area contributed by atoms with Crippen molar-refractivity contribution in [2.24, 2.45) is 0 Å². The van der Waals surface area contributed by atoms with Crippen LogP contribution in [0, 0.1) is 0 Å². The third-order valence-electron chi connectivity index (χ3n) is 5.13. The normalized spacial score (nSPS) is 11.9. The van der Waals surface area contributed by atoms with E-state index >= 15 is 0 Å². The van der Waals surface area contributed by atoms with Crippen LogP contribution in [0.4, 0.5) is 0 Å². The van der Waals surface area contributed by atoms with Crippen LogP contribution >= 0.6 is 15.9 Å². The molecule has 3 rings (SSSR count). The standard InChI is InChI=1S/C26H28BrNO2/c1-4-25(21-10-8-20(9-11-21)18(2)3)28-26(29)22-7-5-6-19(16-22)17-30-24-14-12-23(27)13-15-24/h5-16,18,25H,4,17H2,1-3H3,(H,28,29)/t25-/m0/s1. The fourth-order valence-corrected chi connectivity index (χ4v) is 3.54. The Kier molecular flexibility index (Phi) is 7.69. The number of hydrogen-bond acceptors (Lipinski definition) is 2. The Balaban J connectivity index is 1.65. The Labute approximate surface area is 187 Å². The van der Waals surface area contributed by atoms with Gasteiger partial charge < -0.3 is 10.1 Å². The van der Waals surface area contributed by atoms with E-state index < -0.39 is 0 Å². The van der Waals surface area contributed by atoms with Gasteiger partial charge in [-0.15, -0.1) is 0 Å². The molecule has 0 spiro atoms. The monoisotopic (exact) mass is 465 g/mol. The Bertz CT molecular complexity index is 965. The van der Waals surface area contributed by atoms with Crippen molar-refractivity contribution in [2.75, 3.05) is 0 Å². The first-order chi connectivity index (χ1) is 14.5. The van der Waals surface area contributed by atoms with Crippen LogP contribution in [0.5, 0.6) is 5.75 Å². The summed E-state index contributed by atoms with van der Waals surface area (Å²) in [5.74, 6) is 1.22. The van der Waals surface area contributed by atoms with Crippen molar-refractivity contribution in [1.82, 2.24) is 5.32 Å². The Morgan fingerprint density at radius 2 is 1.63 bits per heavy atom. The predicted octanol–water partition coefficient (Wildman–Crippen LogP) is 7.03. The maximum atomic E-state index is 12.9. The first-order valence-electron chi connectivity index (χ1n) is 10.3. The SMILES string of the molecule is CC[C@H](NC(=O)c1cccc(COc2ccc(Br)cc2)c1)c1ccc(C(C)C)cc1. The molecule has 1 atom stereocenters. The maximum Gasteiger partial charge on any atom is 0.251 e. The van der Waals surface area contributed by atoms with E-state index in [9.17, 15) is 4.79 Å². The lowest BCUT2D eigenvalue weighted by molar-refractivity contribution is 0.0935. The summed E-state index contributed by atoms with van der Waals surface area (Å²) in [6, 6.07) is 23.8. The van der Waals surface area contributed by atoms with E-state index in [1.54, 1.807) is 0 Å². The Morgan fingerprint density at radius 1 is 0.967 bits per heavy atom. The van der Waals surface area contributed by atoms with Gasteiger partial charge in [-0.3, -0.25) is 4.79 Å². The van der Waals surface area contributed by atoms with Gasteiger partial charge in [-0.2, -0.15) is 0 Å². The summed E-state index contributed by atoms with van der Waals surface area (Å²) in [6.45, 7) is 6.86. The van der Waals surface area contributed by atoms with Crippen LogP contribution in [0.1, 0.15) is 66.2 Å². The molecule has 3 aromatic rings. The minimum atomic E-state index is -0.0692. The average Bonchev–Trinajstić information content (AvgIpc) is 2.77. The molecule has 0 radical (unpaired) electrons. The molecule has 0 aliphatic heterocycles. The highest BCUT2D eigenvalue weighted by molar-refractivity contribution is 9.10. The largest absolute Gasteiger partial charge is 0.489 e. The lowest BCUT2D eigenvalue weighted by Crippen LogP contribution is -2.28. The predicted molar refractivity (Wildman–Crippen MR) is 126 cm³/mol. The van der Waals surface area contributed by atoms with Crippen molar-refractivity contribution in [3.63, 3.8) is 0 Å². The molecule has 4 heteroatoms. The van der Waals surface area contributed by atoms with Gasteiger partial charge in [0.25, 0.3) is 5.91 Å². The summed E-state index contributed by atoms with van der Waals surface area (Å²) < 4.78 is 6.84. The molecule has 1 amide bonds. The fraction of sp³-hybridized carbons (Fsp3) is 0.269. The number of hydrogen-bond donors (Lipinski definition) is 1. The number of amides is 1. The lowest BCUT2D eigenvalue weighted by Gasteiger charge is -2.19. The molecule has 0 saturated heterocycles. The number of carbonyl (C=O) groups excluding carboxylic acids is 1. The first kappa shape index (κ1) is 22.1. The van der Waals surface area contributed by atoms with Crippen LogP contribution in [0.25, 0.3) is 0 Å². The number of halogens is 1. The van der Waals surface area contributed by atoms with Crippen molar-refractivity contribution < 1.29 is 9.53 Å². The topological polar surface area (TPSA) is 38.3 Å². The summed E-state index contributed by atoms with van der Waals surface area (Å²) in [4.78, 5) is 12.9. The van der Waals surface area contributed by atoms with Gasteiger partial charge in [0.15, 0.2) is 0 Å². The molecule has 30 heavy (non-hydrogen) atoms. The van der Waals surface area contributed by atoms with E-state index in [1.807, 2.05) is 48.5 Å². The second-order valence-electron chi connectivity index (χ2n) is 7.70. The summed E-state index contributed by atoms with van der Waals surface area (Å²) in [7, 11) is 0. The minimum absolute atomic E-state index is 0.0126. The van der Waals surface area contributed by atoms with Gasteiger partial charge in [-0.05, 0) is 65.4 Å². The molecular formula is C26H28BrNO2. The summed E-state index contributed by atoms with van der Waals surface area (Å²) >= 11 is 3.42. The lowest BCUT2D eigenvalue weighted by atomic mass is 9.98. The van der Waals surface area contributed by atoms with Gasteiger partial charge >= 0.3 is 0 Å². The Morgan fingerprint density at radius 3 is 2.27 bits per heavy atom. The Hall–Kier alpha value is -2.59. The molecule has 0 aromatic heterocycles. The molecule has 0 aliphatic carbocycles. The second kappa shape index (κ2) is 10.4. The van der Waals surface area contributed by atoms with Gasteiger partial charge in [0.05, 0.1) is 6.04 Å². The van der Waals surface area contributed by atoms with Gasteiger partial charge in [0.1, 0.15) is 12.4 Å². The smallest absolute Gasteiger partial charge is 0.251 e. The summed E-state index contributed by atoms with van der Waals surface area (Å²) in [5, 5.41) is 3.17. The molecular weight excluding hydrogens is 438 g/mol. The molecule has 0 heterocycles. The molecule has 0 aliphatic rings. The molecule has 0 fully saturated rings. The fourth-order valence-electron chi connectivity index (χ4n) is 3.28. The van der Waals surface area contributed by atoms with Crippen molar-refractivity contribution >= 4 is 21.8 Å². The zero-order chi connectivity index (χ0) is 21.5. The van der Waals surface area contributed by atoms with E-state index in [0.29, 0.717) is 18.1 Å². The van der Waals surface area contributed by atoms with Crippen LogP contribution in [0.3, 0.4) is 0 Å². The average molecular weight is 466 g/mol. The van der Waals surface area contributed by atoms with E-state index in [0.717, 1.165) is 27.8 Å². The van der Waals surface area contributed by atoms with Crippen molar-refractivity contribution in [1.29, 1.82) is 0 Å². The highest BCUT2D eigenvalue weighted by atomic mass is 79.9. The van der Waals surface area contributed by atoms with Gasteiger partial charge in [0, 0.05) is 10.0 Å². The van der Waals surface area contributed by atoms with Crippen molar-refractivity contribution in [3.05, 3.63) is 99.5 Å². The van der Waals surface area contributed by atoms with E-state index in [1.165, 1.54) is 5.56 Å². The molecule has 0 bridgehead atoms. The van der Waals surface area contributed by atoms with Crippen molar-refractivity contribution in [3.8, 4) is 5.75 Å². The number of carbonyl (C=O) groups is 1. The van der Waals surface area contributed by atoms with Crippen molar-refractivity contribution in [2.45, 2.75) is 45.8 Å².